The van der Waals surface area contributed by atoms with Gasteiger partial charge in [0.25, 0.3) is 0 Å². The molecule has 1 aromatic rings. The first-order valence-corrected chi connectivity index (χ1v) is 6.55. The summed E-state index contributed by atoms with van der Waals surface area (Å²) < 4.78 is 5.23. The van der Waals surface area contributed by atoms with E-state index in [-0.39, 0.29) is 0 Å². The maximum atomic E-state index is 11.8. The van der Waals surface area contributed by atoms with Crippen molar-refractivity contribution in [1.29, 1.82) is 0 Å². The van der Waals surface area contributed by atoms with Crippen molar-refractivity contribution in [1.82, 2.24) is 0 Å². The summed E-state index contributed by atoms with van der Waals surface area (Å²) in [6, 6.07) is 7.31. The van der Waals surface area contributed by atoms with Crippen LogP contribution >= 0.6 is 0 Å². The molecule has 0 unspecified atom stereocenters. The molecule has 1 aliphatic carbocycles. The Morgan fingerprint density at radius 1 is 1.35 bits per heavy atom. The van der Waals surface area contributed by atoms with Crippen LogP contribution in [-0.2, 0) is 15.1 Å². The Morgan fingerprint density at radius 3 is 2.55 bits per heavy atom. The Balaban J connectivity index is 2.21. The normalized spacial score (nSPS) is 15.9. The summed E-state index contributed by atoms with van der Waals surface area (Å²) in [6.07, 6.45) is 2.67. The summed E-state index contributed by atoms with van der Waals surface area (Å²) in [5.74, 6) is 0. The van der Waals surface area contributed by atoms with Crippen LogP contribution in [-0.4, -0.2) is 17.8 Å². The lowest BCUT2D eigenvalue weighted by Gasteiger charge is -2.21. The standard InChI is InChI=1S/C15H18N2O3/c1-14(2,3)20-13(19)17-12-7-5-4-6-11(12)15(8-9-15)16-10-18/h4-7H,8-9H2,1-3H3,(H,17,19). The molecule has 2 rings (SSSR count). The molecule has 106 valence electrons. The molecule has 0 radical (unpaired) electrons. The maximum absolute atomic E-state index is 11.8. The van der Waals surface area contributed by atoms with Gasteiger partial charge in [0, 0.05) is 11.3 Å². The lowest BCUT2D eigenvalue weighted by atomic mass is 10.0. The largest absolute Gasteiger partial charge is 0.444 e. The van der Waals surface area contributed by atoms with E-state index in [2.05, 4.69) is 10.3 Å². The second kappa shape index (κ2) is 5.10. The highest BCUT2D eigenvalue weighted by Crippen LogP contribution is 2.51. The van der Waals surface area contributed by atoms with Crippen molar-refractivity contribution in [3.05, 3.63) is 29.8 Å². The molecule has 1 amide bonds. The highest BCUT2D eigenvalue weighted by molar-refractivity contribution is 5.86. The Labute approximate surface area is 118 Å². The predicted octanol–water partition coefficient (Wildman–Crippen LogP) is 3.36. The van der Waals surface area contributed by atoms with Crippen LogP contribution in [0.1, 0.15) is 39.2 Å². The summed E-state index contributed by atoms with van der Waals surface area (Å²) in [5.41, 5.74) is 0.373. The summed E-state index contributed by atoms with van der Waals surface area (Å²) in [5, 5.41) is 2.72. The number of rotatable bonds is 3. The van der Waals surface area contributed by atoms with Crippen LogP contribution in [0.4, 0.5) is 10.5 Å². The van der Waals surface area contributed by atoms with Gasteiger partial charge >= 0.3 is 6.09 Å². The van der Waals surface area contributed by atoms with E-state index in [0.717, 1.165) is 18.4 Å². The number of para-hydroxylation sites is 1. The lowest BCUT2D eigenvalue weighted by molar-refractivity contribution is 0.0636. The molecular weight excluding hydrogens is 256 g/mol. The predicted molar refractivity (Wildman–Crippen MR) is 75.3 cm³/mol. The van der Waals surface area contributed by atoms with E-state index in [1.54, 1.807) is 32.9 Å². The minimum atomic E-state index is -0.558. The van der Waals surface area contributed by atoms with Crippen LogP contribution in [0.25, 0.3) is 0 Å². The zero-order valence-corrected chi connectivity index (χ0v) is 11.9. The number of carbonyl (C=O) groups is 1. The number of nitrogens with one attached hydrogen (secondary N) is 1. The van der Waals surface area contributed by atoms with Crippen molar-refractivity contribution >= 4 is 17.9 Å². The molecule has 1 aliphatic rings. The Kier molecular flexibility index (Phi) is 3.64. The number of carbonyl (C=O) groups excluding carboxylic acids is 2. The van der Waals surface area contributed by atoms with Crippen LogP contribution in [0.15, 0.2) is 29.3 Å². The molecule has 1 aromatic carbocycles. The molecule has 0 aromatic heterocycles. The molecule has 0 aliphatic heterocycles. The quantitative estimate of drug-likeness (QED) is 0.678. The molecule has 0 saturated heterocycles. The Hall–Kier alpha value is -2.13. The number of aliphatic imine (C=N–C) groups is 1. The van der Waals surface area contributed by atoms with E-state index < -0.39 is 17.2 Å². The SMILES string of the molecule is CC(C)(C)OC(=O)Nc1ccccc1C1(N=C=O)CC1. The zero-order chi connectivity index (χ0) is 14.8. The highest BCUT2D eigenvalue weighted by atomic mass is 16.6. The molecule has 0 atom stereocenters. The van der Waals surface area contributed by atoms with E-state index >= 15 is 0 Å². The van der Waals surface area contributed by atoms with Crippen molar-refractivity contribution in [2.75, 3.05) is 5.32 Å². The van der Waals surface area contributed by atoms with Crippen molar-refractivity contribution in [3.63, 3.8) is 0 Å². The Bertz CT molecular complexity index is 565. The monoisotopic (exact) mass is 274 g/mol. The van der Waals surface area contributed by atoms with Crippen molar-refractivity contribution in [2.24, 2.45) is 4.99 Å². The van der Waals surface area contributed by atoms with E-state index in [9.17, 15) is 9.59 Å². The van der Waals surface area contributed by atoms with Crippen LogP contribution in [0.5, 0.6) is 0 Å². The fourth-order valence-electron chi connectivity index (χ4n) is 2.06. The van der Waals surface area contributed by atoms with E-state index in [0.29, 0.717) is 5.69 Å². The number of ether oxygens (including phenoxy) is 1. The molecule has 1 N–H and O–H groups in total. The minimum Gasteiger partial charge on any atom is -0.444 e. The minimum absolute atomic E-state index is 0.518. The first kappa shape index (κ1) is 14.3. The van der Waals surface area contributed by atoms with Gasteiger partial charge in [0.05, 0.1) is 0 Å². The van der Waals surface area contributed by atoms with Gasteiger partial charge in [-0.1, -0.05) is 18.2 Å². The number of nitrogens with zero attached hydrogens (tertiary/aromatic N) is 1. The zero-order valence-electron chi connectivity index (χ0n) is 11.9. The average molecular weight is 274 g/mol. The third kappa shape index (κ3) is 3.25. The molecule has 20 heavy (non-hydrogen) atoms. The van der Waals surface area contributed by atoms with Gasteiger partial charge in [-0.25, -0.2) is 9.59 Å². The van der Waals surface area contributed by atoms with Crippen LogP contribution in [0.3, 0.4) is 0 Å². The summed E-state index contributed by atoms with van der Waals surface area (Å²) in [6.45, 7) is 5.41. The van der Waals surface area contributed by atoms with Crippen LogP contribution in [0, 0.1) is 0 Å². The number of hydrogen-bond acceptors (Lipinski definition) is 4. The molecule has 1 fully saturated rings. The number of anilines is 1. The van der Waals surface area contributed by atoms with Crippen molar-refractivity contribution < 1.29 is 14.3 Å². The van der Waals surface area contributed by atoms with Gasteiger partial charge in [-0.3, -0.25) is 5.32 Å². The van der Waals surface area contributed by atoms with Gasteiger partial charge in [0.15, 0.2) is 0 Å². The van der Waals surface area contributed by atoms with Gasteiger partial charge < -0.3 is 4.74 Å². The van der Waals surface area contributed by atoms with Gasteiger partial charge in [-0.15, -0.1) is 0 Å². The maximum Gasteiger partial charge on any atom is 0.412 e. The number of amides is 1. The summed E-state index contributed by atoms with van der Waals surface area (Å²) in [4.78, 5) is 26.3. The molecule has 1 saturated carbocycles. The first-order valence-electron chi connectivity index (χ1n) is 6.55. The molecular formula is C15H18N2O3. The fourth-order valence-corrected chi connectivity index (χ4v) is 2.06. The smallest absolute Gasteiger partial charge is 0.412 e. The van der Waals surface area contributed by atoms with Crippen molar-refractivity contribution in [2.45, 2.75) is 44.8 Å². The third-order valence-electron chi connectivity index (χ3n) is 3.05. The second-order valence-corrected chi connectivity index (χ2v) is 5.91. The highest BCUT2D eigenvalue weighted by Gasteiger charge is 2.46. The van der Waals surface area contributed by atoms with E-state index in [4.69, 9.17) is 4.74 Å². The molecule has 0 spiro atoms. The van der Waals surface area contributed by atoms with Gasteiger partial charge in [-0.05, 0) is 39.7 Å². The molecule has 0 bridgehead atoms. The Morgan fingerprint density at radius 2 is 2.00 bits per heavy atom. The van der Waals surface area contributed by atoms with Gasteiger partial charge in [-0.2, -0.15) is 4.99 Å². The van der Waals surface area contributed by atoms with Crippen LogP contribution in [0.2, 0.25) is 0 Å². The second-order valence-electron chi connectivity index (χ2n) is 5.91. The van der Waals surface area contributed by atoms with Crippen molar-refractivity contribution in [3.8, 4) is 0 Å². The first-order chi connectivity index (χ1) is 9.36. The summed E-state index contributed by atoms with van der Waals surface area (Å²) in [7, 11) is 0. The summed E-state index contributed by atoms with van der Waals surface area (Å²) >= 11 is 0. The van der Waals surface area contributed by atoms with E-state index in [1.807, 2.05) is 18.2 Å². The fraction of sp³-hybridized carbons (Fsp3) is 0.467. The molecule has 0 heterocycles. The van der Waals surface area contributed by atoms with Crippen LogP contribution < -0.4 is 5.32 Å². The van der Waals surface area contributed by atoms with E-state index in [1.165, 1.54) is 0 Å². The lowest BCUT2D eigenvalue weighted by Crippen LogP contribution is -2.27. The third-order valence-corrected chi connectivity index (χ3v) is 3.05. The average Bonchev–Trinajstić information content (AvgIpc) is 3.08. The topological polar surface area (TPSA) is 67.8 Å². The van der Waals surface area contributed by atoms with Gasteiger partial charge in [0.1, 0.15) is 11.1 Å². The number of hydrogen-bond donors (Lipinski definition) is 1. The number of isocyanates is 1. The van der Waals surface area contributed by atoms with Gasteiger partial charge in [0.2, 0.25) is 6.08 Å². The number of benzene rings is 1. The molecule has 5 heteroatoms. The molecule has 5 nitrogen and oxygen atoms in total.